The number of benzene rings is 2. The lowest BCUT2D eigenvalue weighted by atomic mass is 10.2. The molecule has 0 saturated heterocycles. The lowest BCUT2D eigenvalue weighted by molar-refractivity contribution is -0.115. The molecule has 0 unspecified atom stereocenters. The van der Waals surface area contributed by atoms with Crippen LogP contribution in [0, 0.1) is 13.8 Å². The first kappa shape index (κ1) is 17.4. The first-order valence-corrected chi connectivity index (χ1v) is 8.28. The van der Waals surface area contributed by atoms with E-state index in [-0.39, 0.29) is 18.4 Å². The zero-order chi connectivity index (χ0) is 18.5. The third-order valence-electron chi connectivity index (χ3n) is 4.13. The Labute approximate surface area is 151 Å². The number of aromatic nitrogens is 2. The van der Waals surface area contributed by atoms with Crippen molar-refractivity contribution in [2.45, 2.75) is 13.8 Å². The maximum atomic E-state index is 12.0. The van der Waals surface area contributed by atoms with E-state index in [1.165, 1.54) is 0 Å². The fraction of sp³-hybridized carbons (Fsp3) is 0.150. The Morgan fingerprint density at radius 3 is 2.31 bits per heavy atom. The average Bonchev–Trinajstić information content (AvgIpc) is 3.00. The van der Waals surface area contributed by atoms with Crippen LogP contribution in [-0.4, -0.2) is 27.9 Å². The second-order valence-corrected chi connectivity index (χ2v) is 5.93. The molecule has 6 nitrogen and oxygen atoms in total. The van der Waals surface area contributed by atoms with E-state index in [1.807, 2.05) is 48.7 Å². The average molecular weight is 348 g/mol. The molecule has 0 radical (unpaired) electrons. The van der Waals surface area contributed by atoms with Gasteiger partial charge >= 0.3 is 0 Å². The first-order valence-electron chi connectivity index (χ1n) is 8.28. The van der Waals surface area contributed by atoms with Crippen molar-refractivity contribution in [3.63, 3.8) is 0 Å². The van der Waals surface area contributed by atoms with Gasteiger partial charge in [-0.3, -0.25) is 9.59 Å². The van der Waals surface area contributed by atoms with Crippen LogP contribution in [0.2, 0.25) is 0 Å². The van der Waals surface area contributed by atoms with Crippen molar-refractivity contribution < 1.29 is 9.59 Å². The van der Waals surface area contributed by atoms with Crippen LogP contribution >= 0.6 is 0 Å². The molecule has 0 aliphatic carbocycles. The number of anilines is 1. The molecule has 0 atom stereocenters. The number of imidazole rings is 1. The number of nitrogens with one attached hydrogen (secondary N) is 2. The first-order chi connectivity index (χ1) is 12.5. The summed E-state index contributed by atoms with van der Waals surface area (Å²) < 4.78 is 1.99. The number of carbonyl (C=O) groups is 2. The molecule has 3 rings (SSSR count). The number of hydrogen-bond acceptors (Lipinski definition) is 3. The lowest BCUT2D eigenvalue weighted by Crippen LogP contribution is -2.32. The molecule has 0 bridgehead atoms. The molecule has 26 heavy (non-hydrogen) atoms. The van der Waals surface area contributed by atoms with Gasteiger partial charge in [0.2, 0.25) is 5.91 Å². The minimum atomic E-state index is -0.281. The van der Waals surface area contributed by atoms with E-state index >= 15 is 0 Å². The van der Waals surface area contributed by atoms with Crippen LogP contribution in [0.3, 0.4) is 0 Å². The van der Waals surface area contributed by atoms with Crippen molar-refractivity contribution in [1.82, 2.24) is 14.9 Å². The van der Waals surface area contributed by atoms with Crippen molar-refractivity contribution in [2.75, 3.05) is 11.9 Å². The zero-order valence-electron chi connectivity index (χ0n) is 14.7. The van der Waals surface area contributed by atoms with Crippen LogP contribution in [0.25, 0.3) is 5.69 Å². The van der Waals surface area contributed by atoms with Gasteiger partial charge in [0.1, 0.15) is 0 Å². The van der Waals surface area contributed by atoms with E-state index in [2.05, 4.69) is 15.6 Å². The van der Waals surface area contributed by atoms with Gasteiger partial charge in [-0.2, -0.15) is 0 Å². The van der Waals surface area contributed by atoms with Crippen molar-refractivity contribution in [2.24, 2.45) is 0 Å². The van der Waals surface area contributed by atoms with Gasteiger partial charge in [-0.15, -0.1) is 0 Å². The second kappa shape index (κ2) is 7.65. The number of aryl methyl sites for hydroxylation is 1. The lowest BCUT2D eigenvalue weighted by Gasteiger charge is -2.09. The normalized spacial score (nSPS) is 10.4. The molecule has 2 aromatic carbocycles. The van der Waals surface area contributed by atoms with E-state index < -0.39 is 0 Å². The van der Waals surface area contributed by atoms with Crippen LogP contribution in [0.4, 0.5) is 5.69 Å². The Balaban J connectivity index is 1.56. The molecule has 1 heterocycles. The Hall–Kier alpha value is -3.41. The molecular weight excluding hydrogens is 328 g/mol. The summed E-state index contributed by atoms with van der Waals surface area (Å²) >= 11 is 0. The van der Waals surface area contributed by atoms with Gasteiger partial charge in [-0.1, -0.05) is 18.2 Å². The molecule has 0 spiro atoms. The largest absolute Gasteiger partial charge is 0.343 e. The quantitative estimate of drug-likeness (QED) is 0.744. The van der Waals surface area contributed by atoms with Crippen molar-refractivity contribution in [3.05, 3.63) is 77.9 Å². The van der Waals surface area contributed by atoms with E-state index in [0.717, 1.165) is 17.1 Å². The summed E-state index contributed by atoms with van der Waals surface area (Å²) in [6.45, 7) is 3.88. The molecule has 2 amide bonds. The zero-order valence-corrected chi connectivity index (χ0v) is 14.7. The molecule has 3 aromatic rings. The van der Waals surface area contributed by atoms with Gasteiger partial charge in [0.25, 0.3) is 5.91 Å². The Kier molecular flexibility index (Phi) is 5.12. The topological polar surface area (TPSA) is 76.0 Å². The molecule has 0 fully saturated rings. The summed E-state index contributed by atoms with van der Waals surface area (Å²) in [5.74, 6) is -0.557. The van der Waals surface area contributed by atoms with Crippen molar-refractivity contribution >= 4 is 17.5 Å². The van der Waals surface area contributed by atoms with Gasteiger partial charge in [-0.25, -0.2) is 4.98 Å². The third kappa shape index (κ3) is 3.97. The van der Waals surface area contributed by atoms with Gasteiger partial charge in [0.05, 0.1) is 18.6 Å². The van der Waals surface area contributed by atoms with E-state index in [1.54, 1.807) is 30.6 Å². The van der Waals surface area contributed by atoms with Crippen LogP contribution < -0.4 is 10.6 Å². The van der Waals surface area contributed by atoms with Crippen LogP contribution in [0.15, 0.2) is 60.9 Å². The fourth-order valence-corrected chi connectivity index (χ4v) is 2.52. The molecular formula is C20H20N4O2. The highest BCUT2D eigenvalue weighted by molar-refractivity contribution is 5.99. The predicted molar refractivity (Wildman–Crippen MR) is 100 cm³/mol. The maximum Gasteiger partial charge on any atom is 0.251 e. The SMILES string of the molecule is Cc1ncn(-c2ccc(NC(=O)CNC(=O)c3ccccc3)cc2)c1C. The molecule has 1 aromatic heterocycles. The number of hydrogen-bond donors (Lipinski definition) is 2. The molecule has 132 valence electrons. The number of rotatable bonds is 5. The summed E-state index contributed by atoms with van der Waals surface area (Å²) in [7, 11) is 0. The third-order valence-corrected chi connectivity index (χ3v) is 4.13. The highest BCUT2D eigenvalue weighted by atomic mass is 16.2. The predicted octanol–water partition coefficient (Wildman–Crippen LogP) is 2.86. The van der Waals surface area contributed by atoms with E-state index in [9.17, 15) is 9.59 Å². The monoisotopic (exact) mass is 348 g/mol. The highest BCUT2D eigenvalue weighted by Gasteiger charge is 2.08. The number of carbonyl (C=O) groups excluding carboxylic acids is 2. The Morgan fingerprint density at radius 2 is 1.69 bits per heavy atom. The summed E-state index contributed by atoms with van der Waals surface area (Å²) in [4.78, 5) is 28.2. The molecule has 6 heteroatoms. The summed E-state index contributed by atoms with van der Waals surface area (Å²) in [5, 5.41) is 5.37. The minimum absolute atomic E-state index is 0.0880. The Morgan fingerprint density at radius 1 is 1.00 bits per heavy atom. The van der Waals surface area contributed by atoms with Crippen LogP contribution in [0.1, 0.15) is 21.7 Å². The number of nitrogens with zero attached hydrogens (tertiary/aromatic N) is 2. The maximum absolute atomic E-state index is 12.0. The molecule has 0 aliphatic heterocycles. The van der Waals surface area contributed by atoms with Crippen molar-refractivity contribution in [3.8, 4) is 5.69 Å². The van der Waals surface area contributed by atoms with E-state index in [4.69, 9.17) is 0 Å². The van der Waals surface area contributed by atoms with Gasteiger partial charge in [0, 0.05) is 22.6 Å². The number of amides is 2. The minimum Gasteiger partial charge on any atom is -0.343 e. The fourth-order valence-electron chi connectivity index (χ4n) is 2.52. The highest BCUT2D eigenvalue weighted by Crippen LogP contribution is 2.16. The van der Waals surface area contributed by atoms with Crippen LogP contribution in [-0.2, 0) is 4.79 Å². The van der Waals surface area contributed by atoms with Gasteiger partial charge < -0.3 is 15.2 Å². The summed E-state index contributed by atoms with van der Waals surface area (Å²) in [6, 6.07) is 16.2. The molecule has 2 N–H and O–H groups in total. The molecule has 0 aliphatic rings. The second-order valence-electron chi connectivity index (χ2n) is 5.93. The molecule has 0 saturated carbocycles. The summed E-state index contributed by atoms with van der Waals surface area (Å²) in [6.07, 6.45) is 1.78. The summed E-state index contributed by atoms with van der Waals surface area (Å²) in [5.41, 5.74) is 4.22. The van der Waals surface area contributed by atoms with Gasteiger partial charge in [-0.05, 0) is 50.2 Å². The van der Waals surface area contributed by atoms with Gasteiger partial charge in [0.15, 0.2) is 0 Å². The van der Waals surface area contributed by atoms with Crippen molar-refractivity contribution in [1.29, 1.82) is 0 Å². The standard InChI is InChI=1S/C20H20N4O2/c1-14-15(2)24(13-22-14)18-10-8-17(9-11-18)23-19(25)12-21-20(26)16-6-4-3-5-7-16/h3-11,13H,12H2,1-2H3,(H,21,26)(H,23,25). The smallest absolute Gasteiger partial charge is 0.251 e. The van der Waals surface area contributed by atoms with E-state index in [0.29, 0.717) is 11.3 Å². The van der Waals surface area contributed by atoms with Crippen LogP contribution in [0.5, 0.6) is 0 Å². The Bertz CT molecular complexity index is 915.